The van der Waals surface area contributed by atoms with E-state index in [2.05, 4.69) is 15.3 Å². The van der Waals surface area contributed by atoms with Crippen LogP contribution in [0.2, 0.25) is 0 Å². The number of ether oxygens (including phenoxy) is 1. The Morgan fingerprint density at radius 3 is 2.60 bits per heavy atom. The van der Waals surface area contributed by atoms with Crippen molar-refractivity contribution >= 4 is 22.2 Å². The molecule has 3 heterocycles. The molecule has 0 spiro atoms. The van der Waals surface area contributed by atoms with Gasteiger partial charge in [-0.1, -0.05) is 11.3 Å². The molecular formula is C9H8F3N5O2S. The molecule has 1 aliphatic rings. The molecule has 0 unspecified atom stereocenters. The first-order valence-corrected chi connectivity index (χ1v) is 6.45. The molecule has 2 aromatic rings. The Morgan fingerprint density at radius 1 is 1.25 bits per heavy atom. The Bertz CT molecular complexity index is 646. The van der Waals surface area contributed by atoms with Crippen LogP contribution in [0, 0.1) is 0 Å². The third-order valence-corrected chi connectivity index (χ3v) is 3.61. The van der Waals surface area contributed by atoms with Gasteiger partial charge in [0.2, 0.25) is 9.97 Å². The maximum absolute atomic E-state index is 12.6. The Balaban J connectivity index is 1.93. The molecule has 11 heteroatoms. The lowest BCUT2D eigenvalue weighted by Gasteiger charge is -2.25. The van der Waals surface area contributed by atoms with E-state index in [1.807, 2.05) is 0 Å². The van der Waals surface area contributed by atoms with Crippen LogP contribution in [-0.4, -0.2) is 56.9 Å². The van der Waals surface area contributed by atoms with Gasteiger partial charge in [0.25, 0.3) is 11.7 Å². The number of nitrogens with zero attached hydrogens (tertiary/aromatic N) is 5. The van der Waals surface area contributed by atoms with Gasteiger partial charge in [-0.05, 0) is 0 Å². The first-order chi connectivity index (χ1) is 9.47. The number of carbonyl (C=O) groups excluding carboxylic acids is 1. The van der Waals surface area contributed by atoms with E-state index < -0.39 is 17.9 Å². The summed E-state index contributed by atoms with van der Waals surface area (Å²) in [6, 6.07) is 0. The van der Waals surface area contributed by atoms with Crippen molar-refractivity contribution in [1.82, 2.24) is 24.7 Å². The van der Waals surface area contributed by atoms with Gasteiger partial charge in [-0.3, -0.25) is 4.79 Å². The van der Waals surface area contributed by atoms with Crippen LogP contribution < -0.4 is 0 Å². The highest BCUT2D eigenvalue weighted by Crippen LogP contribution is 2.29. The quantitative estimate of drug-likeness (QED) is 0.774. The van der Waals surface area contributed by atoms with Crippen molar-refractivity contribution in [2.24, 2.45) is 0 Å². The van der Waals surface area contributed by atoms with Crippen molar-refractivity contribution in [2.45, 2.75) is 6.18 Å². The highest BCUT2D eigenvalue weighted by Gasteiger charge is 2.38. The van der Waals surface area contributed by atoms with Crippen LogP contribution in [0.3, 0.4) is 0 Å². The Morgan fingerprint density at radius 2 is 1.95 bits per heavy atom. The molecule has 1 fully saturated rings. The highest BCUT2D eigenvalue weighted by atomic mass is 32.1. The highest BCUT2D eigenvalue weighted by molar-refractivity contribution is 7.18. The molecule has 0 saturated carbocycles. The molecule has 0 radical (unpaired) electrons. The minimum atomic E-state index is -4.66. The standard InChI is InChI=1S/C9H8F3N5O2S/c10-9(11,12)7-13-14-8-17(7)15-5(20-8)6(18)16-1-3-19-4-2-16/h1-4H2. The number of amides is 1. The molecule has 0 N–H and O–H groups in total. The predicted octanol–water partition coefficient (Wildman–Crippen LogP) is 0.677. The second-order valence-corrected chi connectivity index (χ2v) is 4.98. The van der Waals surface area contributed by atoms with Gasteiger partial charge in [0, 0.05) is 13.1 Å². The van der Waals surface area contributed by atoms with Crippen LogP contribution in [0.1, 0.15) is 15.6 Å². The zero-order valence-corrected chi connectivity index (χ0v) is 10.7. The molecule has 0 atom stereocenters. The molecule has 0 bridgehead atoms. The summed E-state index contributed by atoms with van der Waals surface area (Å²) >= 11 is 0.782. The van der Waals surface area contributed by atoms with Crippen LogP contribution in [-0.2, 0) is 10.9 Å². The van der Waals surface area contributed by atoms with Crippen LogP contribution in [0.15, 0.2) is 0 Å². The van der Waals surface area contributed by atoms with E-state index in [1.165, 1.54) is 4.90 Å². The molecule has 0 aromatic carbocycles. The first-order valence-electron chi connectivity index (χ1n) is 5.63. The van der Waals surface area contributed by atoms with Crippen LogP contribution >= 0.6 is 11.3 Å². The van der Waals surface area contributed by atoms with Gasteiger partial charge in [-0.2, -0.15) is 17.7 Å². The molecule has 1 amide bonds. The molecule has 0 aliphatic carbocycles. The molecule has 108 valence electrons. The summed E-state index contributed by atoms with van der Waals surface area (Å²) in [4.78, 5) is 13.5. The summed E-state index contributed by atoms with van der Waals surface area (Å²) in [5, 5.41) is 10.1. The number of carbonyl (C=O) groups is 1. The van der Waals surface area contributed by atoms with E-state index in [-0.39, 0.29) is 9.97 Å². The molecular weight excluding hydrogens is 299 g/mol. The maximum Gasteiger partial charge on any atom is 0.453 e. The second-order valence-electron chi connectivity index (χ2n) is 4.03. The lowest BCUT2D eigenvalue weighted by Crippen LogP contribution is -2.40. The van der Waals surface area contributed by atoms with Crippen molar-refractivity contribution in [2.75, 3.05) is 26.3 Å². The molecule has 7 nitrogen and oxygen atoms in total. The number of hydrogen-bond donors (Lipinski definition) is 0. The topological polar surface area (TPSA) is 72.6 Å². The van der Waals surface area contributed by atoms with E-state index in [9.17, 15) is 18.0 Å². The van der Waals surface area contributed by atoms with E-state index in [0.29, 0.717) is 30.8 Å². The molecule has 1 saturated heterocycles. The van der Waals surface area contributed by atoms with Gasteiger partial charge >= 0.3 is 6.18 Å². The summed E-state index contributed by atoms with van der Waals surface area (Å²) in [5.41, 5.74) is 0. The fourth-order valence-corrected chi connectivity index (χ4v) is 2.59. The Kier molecular flexibility index (Phi) is 3.09. The monoisotopic (exact) mass is 307 g/mol. The van der Waals surface area contributed by atoms with Gasteiger partial charge < -0.3 is 9.64 Å². The van der Waals surface area contributed by atoms with Crippen LogP contribution in [0.25, 0.3) is 4.96 Å². The maximum atomic E-state index is 12.6. The summed E-state index contributed by atoms with van der Waals surface area (Å²) in [6.45, 7) is 1.60. The first kappa shape index (κ1) is 13.2. The fraction of sp³-hybridized carbons (Fsp3) is 0.556. The Hall–Kier alpha value is -1.75. The third-order valence-electron chi connectivity index (χ3n) is 2.73. The molecule has 20 heavy (non-hydrogen) atoms. The van der Waals surface area contributed by atoms with Crippen molar-refractivity contribution in [3.8, 4) is 0 Å². The Labute approximate surface area is 114 Å². The minimum absolute atomic E-state index is 0.0395. The molecule has 2 aromatic heterocycles. The number of fused-ring (bicyclic) bond motifs is 1. The summed E-state index contributed by atoms with van der Waals surface area (Å²) in [7, 11) is 0. The number of morpholine rings is 1. The number of aromatic nitrogens is 4. The summed E-state index contributed by atoms with van der Waals surface area (Å²) in [6.07, 6.45) is -4.66. The van der Waals surface area contributed by atoms with Gasteiger partial charge in [0.1, 0.15) is 0 Å². The van der Waals surface area contributed by atoms with Crippen molar-refractivity contribution in [3.63, 3.8) is 0 Å². The van der Waals surface area contributed by atoms with Crippen LogP contribution in [0.5, 0.6) is 0 Å². The third kappa shape index (κ3) is 2.22. The van der Waals surface area contributed by atoms with Crippen molar-refractivity contribution in [3.05, 3.63) is 10.8 Å². The number of halogens is 3. The SMILES string of the molecule is O=C(c1nn2c(C(F)(F)F)nnc2s1)N1CCOCC1. The zero-order chi connectivity index (χ0) is 14.3. The zero-order valence-electron chi connectivity index (χ0n) is 9.92. The van der Waals surface area contributed by atoms with E-state index >= 15 is 0 Å². The second kappa shape index (κ2) is 4.66. The average Bonchev–Trinajstić information content (AvgIpc) is 2.97. The van der Waals surface area contributed by atoms with Crippen LogP contribution in [0.4, 0.5) is 13.2 Å². The van der Waals surface area contributed by atoms with Crippen molar-refractivity contribution in [1.29, 1.82) is 0 Å². The smallest absolute Gasteiger partial charge is 0.378 e. The lowest BCUT2D eigenvalue weighted by atomic mass is 10.4. The van der Waals surface area contributed by atoms with E-state index in [0.717, 1.165) is 11.3 Å². The summed E-state index contributed by atoms with van der Waals surface area (Å²) < 4.78 is 43.6. The minimum Gasteiger partial charge on any atom is -0.378 e. The van der Waals surface area contributed by atoms with Gasteiger partial charge in [0.15, 0.2) is 0 Å². The van der Waals surface area contributed by atoms with E-state index in [4.69, 9.17) is 4.74 Å². The van der Waals surface area contributed by atoms with Gasteiger partial charge in [-0.15, -0.1) is 15.3 Å². The molecule has 1 aliphatic heterocycles. The van der Waals surface area contributed by atoms with Gasteiger partial charge in [-0.25, -0.2) is 0 Å². The van der Waals surface area contributed by atoms with Crippen molar-refractivity contribution < 1.29 is 22.7 Å². The molecule has 3 rings (SSSR count). The van der Waals surface area contributed by atoms with E-state index in [1.54, 1.807) is 0 Å². The average molecular weight is 307 g/mol. The summed E-state index contributed by atoms with van der Waals surface area (Å²) in [5.74, 6) is -1.65. The fourth-order valence-electron chi connectivity index (χ4n) is 1.78. The number of alkyl halides is 3. The predicted molar refractivity (Wildman–Crippen MR) is 60.4 cm³/mol. The number of hydrogen-bond acceptors (Lipinski definition) is 6. The lowest BCUT2D eigenvalue weighted by molar-refractivity contribution is -0.146. The largest absolute Gasteiger partial charge is 0.453 e. The normalized spacial score (nSPS) is 16.9. The van der Waals surface area contributed by atoms with Gasteiger partial charge in [0.05, 0.1) is 13.2 Å². The number of rotatable bonds is 1.